The molecule has 8 nitrogen and oxygen atoms in total. The minimum absolute atomic E-state index is 0.192. The summed E-state index contributed by atoms with van der Waals surface area (Å²) in [4.78, 5) is 37.4. The maximum absolute atomic E-state index is 14.6. The molecule has 4 N–H and O–H groups in total. The zero-order valence-electron chi connectivity index (χ0n) is 16.7. The highest BCUT2D eigenvalue weighted by atomic mass is 19.1. The lowest BCUT2D eigenvalue weighted by Gasteiger charge is -2.26. The molecule has 2 atom stereocenters. The Balaban J connectivity index is 1.60. The minimum atomic E-state index is -1.55. The van der Waals surface area contributed by atoms with Gasteiger partial charge in [0.25, 0.3) is 5.56 Å². The number of carbonyl (C=O) groups excluding carboxylic acids is 2. The molecule has 0 bridgehead atoms. The molecule has 1 aromatic heterocycles. The molecule has 3 heterocycles. The number of carbonyl (C=O) groups is 2. The van der Waals surface area contributed by atoms with Gasteiger partial charge in [-0.1, -0.05) is 0 Å². The number of halogens is 1. The fourth-order valence-electron chi connectivity index (χ4n) is 4.51. The standard InChI is InChI=1S/C22H20FN3O5/c1-9-10-2-3-14(24)20(28)18(10)16(7-13(9)23)25-15-4-5-26-17(15)6-11-12(21(26)29)8-31-22(30)19(11)27/h4,6-7,14,19,25,27H,2-3,5,8,24H2,1H3. The maximum atomic E-state index is 14.6. The van der Waals surface area contributed by atoms with Gasteiger partial charge in [-0.15, -0.1) is 0 Å². The first-order valence-electron chi connectivity index (χ1n) is 9.98. The summed E-state index contributed by atoms with van der Waals surface area (Å²) in [5.41, 5.74) is 8.61. The summed E-state index contributed by atoms with van der Waals surface area (Å²) in [5.74, 6) is -1.52. The normalized spacial score (nSPS) is 21.7. The Morgan fingerprint density at radius 3 is 2.81 bits per heavy atom. The van der Waals surface area contributed by atoms with Crippen molar-refractivity contribution in [1.82, 2.24) is 4.57 Å². The van der Waals surface area contributed by atoms with E-state index in [0.717, 1.165) is 0 Å². The predicted molar refractivity (Wildman–Crippen MR) is 109 cm³/mol. The quantitative estimate of drug-likeness (QED) is 0.620. The second-order valence-corrected chi connectivity index (χ2v) is 8.03. The molecule has 2 aliphatic heterocycles. The Bertz CT molecular complexity index is 1260. The van der Waals surface area contributed by atoms with Crippen molar-refractivity contribution in [2.24, 2.45) is 5.73 Å². The van der Waals surface area contributed by atoms with Gasteiger partial charge in [-0.05, 0) is 49.1 Å². The van der Waals surface area contributed by atoms with Gasteiger partial charge in [0.15, 0.2) is 11.9 Å². The molecule has 0 amide bonds. The van der Waals surface area contributed by atoms with Crippen molar-refractivity contribution < 1.29 is 23.8 Å². The fourth-order valence-corrected chi connectivity index (χ4v) is 4.51. The number of fused-ring (bicyclic) bond motifs is 3. The second kappa shape index (κ2) is 6.86. The molecular formula is C22H20FN3O5. The van der Waals surface area contributed by atoms with Crippen molar-refractivity contribution >= 4 is 23.1 Å². The van der Waals surface area contributed by atoms with Crippen LogP contribution in [0.5, 0.6) is 0 Å². The number of Topliss-reactive ketones (excluding diaryl/α,β-unsaturated/α-hetero) is 1. The third-order valence-corrected chi connectivity index (χ3v) is 6.28. The van der Waals surface area contributed by atoms with Gasteiger partial charge in [-0.3, -0.25) is 9.59 Å². The smallest absolute Gasteiger partial charge is 0.340 e. The molecule has 160 valence electrons. The largest absolute Gasteiger partial charge is 0.458 e. The molecule has 1 aromatic carbocycles. The number of ketones is 1. The number of aliphatic hydroxyl groups excluding tert-OH is 1. The predicted octanol–water partition coefficient (Wildman–Crippen LogP) is 1.31. The lowest BCUT2D eigenvalue weighted by molar-refractivity contribution is -0.157. The number of esters is 1. The molecule has 1 aliphatic carbocycles. The average molecular weight is 425 g/mol. The van der Waals surface area contributed by atoms with Crippen LogP contribution in [0.2, 0.25) is 0 Å². The number of benzene rings is 1. The van der Waals surface area contributed by atoms with Crippen molar-refractivity contribution in [2.45, 2.75) is 45.1 Å². The van der Waals surface area contributed by atoms with Crippen molar-refractivity contribution in [3.05, 3.63) is 67.9 Å². The number of nitrogens with one attached hydrogen (secondary N) is 1. The summed E-state index contributed by atoms with van der Waals surface area (Å²) in [6, 6.07) is 2.16. The minimum Gasteiger partial charge on any atom is -0.458 e. The number of cyclic esters (lactones) is 1. The van der Waals surface area contributed by atoms with E-state index in [9.17, 15) is 23.9 Å². The van der Waals surface area contributed by atoms with Gasteiger partial charge < -0.3 is 25.5 Å². The molecule has 0 spiro atoms. The molecule has 0 fully saturated rings. The van der Waals surface area contributed by atoms with Crippen LogP contribution in [0.4, 0.5) is 10.1 Å². The topological polar surface area (TPSA) is 124 Å². The summed E-state index contributed by atoms with van der Waals surface area (Å²) in [5, 5.41) is 13.3. The third kappa shape index (κ3) is 2.84. The Morgan fingerprint density at radius 1 is 1.26 bits per heavy atom. The highest BCUT2D eigenvalue weighted by molar-refractivity contribution is 6.08. The van der Waals surface area contributed by atoms with Crippen LogP contribution in [0.25, 0.3) is 5.70 Å². The zero-order valence-corrected chi connectivity index (χ0v) is 16.7. The van der Waals surface area contributed by atoms with Crippen LogP contribution in [-0.4, -0.2) is 27.5 Å². The number of aromatic nitrogens is 1. The number of allylic oxidation sites excluding steroid dienone is 1. The SMILES string of the molecule is Cc1c(F)cc(NC2=CCn3c2cc2c(c3=O)COC(=O)C2O)c2c1CCC(N)C2=O. The van der Waals surface area contributed by atoms with Crippen LogP contribution in [0, 0.1) is 12.7 Å². The number of nitrogens with zero attached hydrogens (tertiary/aromatic N) is 1. The Morgan fingerprint density at radius 2 is 2.03 bits per heavy atom. The van der Waals surface area contributed by atoms with E-state index in [1.54, 1.807) is 19.1 Å². The Labute approximate surface area is 176 Å². The number of ether oxygens (including phenoxy) is 1. The summed E-state index contributed by atoms with van der Waals surface area (Å²) < 4.78 is 20.9. The lowest BCUT2D eigenvalue weighted by Crippen LogP contribution is -2.36. The number of anilines is 1. The molecule has 0 radical (unpaired) electrons. The van der Waals surface area contributed by atoms with Gasteiger partial charge in [0.1, 0.15) is 12.4 Å². The summed E-state index contributed by atoms with van der Waals surface area (Å²) in [6.45, 7) is 1.69. The van der Waals surface area contributed by atoms with E-state index in [2.05, 4.69) is 5.32 Å². The highest BCUT2D eigenvalue weighted by Crippen LogP contribution is 2.35. The van der Waals surface area contributed by atoms with Gasteiger partial charge >= 0.3 is 5.97 Å². The maximum Gasteiger partial charge on any atom is 0.340 e. The molecule has 3 aliphatic rings. The number of hydrogen-bond donors (Lipinski definition) is 3. The fraction of sp³-hybridized carbons (Fsp3) is 0.318. The van der Waals surface area contributed by atoms with Crippen LogP contribution >= 0.6 is 0 Å². The van der Waals surface area contributed by atoms with Gasteiger partial charge in [-0.2, -0.15) is 0 Å². The summed E-state index contributed by atoms with van der Waals surface area (Å²) >= 11 is 0. The molecule has 0 saturated carbocycles. The monoisotopic (exact) mass is 425 g/mol. The van der Waals surface area contributed by atoms with E-state index in [0.29, 0.717) is 40.9 Å². The van der Waals surface area contributed by atoms with Crippen LogP contribution in [0.1, 0.15) is 50.8 Å². The van der Waals surface area contributed by atoms with Crippen molar-refractivity contribution in [3.63, 3.8) is 0 Å². The van der Waals surface area contributed by atoms with Gasteiger partial charge in [0, 0.05) is 17.7 Å². The van der Waals surface area contributed by atoms with E-state index in [1.807, 2.05) is 0 Å². The molecule has 9 heteroatoms. The van der Waals surface area contributed by atoms with E-state index in [4.69, 9.17) is 10.5 Å². The molecule has 2 unspecified atom stereocenters. The Hall–Kier alpha value is -3.30. The first kappa shape index (κ1) is 19.7. The summed E-state index contributed by atoms with van der Waals surface area (Å²) in [7, 11) is 0. The second-order valence-electron chi connectivity index (χ2n) is 8.03. The number of nitrogens with two attached hydrogens (primary N) is 1. The van der Waals surface area contributed by atoms with Crippen molar-refractivity contribution in [3.8, 4) is 0 Å². The molecule has 0 saturated heterocycles. The highest BCUT2D eigenvalue weighted by Gasteiger charge is 2.34. The number of hydrogen-bond acceptors (Lipinski definition) is 7. The lowest BCUT2D eigenvalue weighted by atomic mass is 9.83. The van der Waals surface area contributed by atoms with Crippen molar-refractivity contribution in [2.75, 3.05) is 5.32 Å². The first-order chi connectivity index (χ1) is 14.8. The molecule has 5 rings (SSSR count). The van der Waals surface area contributed by atoms with E-state index >= 15 is 0 Å². The van der Waals surface area contributed by atoms with Crippen LogP contribution in [-0.2, 0) is 29.1 Å². The van der Waals surface area contributed by atoms with Crippen LogP contribution in [0.15, 0.2) is 23.0 Å². The molecular weight excluding hydrogens is 405 g/mol. The number of aliphatic hydroxyl groups is 1. The van der Waals surface area contributed by atoms with Crippen molar-refractivity contribution in [1.29, 1.82) is 0 Å². The van der Waals surface area contributed by atoms with E-state index in [-0.39, 0.29) is 41.3 Å². The first-order valence-corrected chi connectivity index (χ1v) is 9.98. The molecule has 31 heavy (non-hydrogen) atoms. The van der Waals surface area contributed by atoms with Crippen LogP contribution in [0.3, 0.4) is 0 Å². The zero-order chi connectivity index (χ0) is 22.0. The van der Waals surface area contributed by atoms with E-state index in [1.165, 1.54) is 10.6 Å². The Kier molecular flexibility index (Phi) is 4.35. The van der Waals surface area contributed by atoms with Gasteiger partial charge in [0.2, 0.25) is 0 Å². The number of rotatable bonds is 2. The van der Waals surface area contributed by atoms with Gasteiger partial charge in [-0.25, -0.2) is 9.18 Å². The average Bonchev–Trinajstić information content (AvgIpc) is 3.14. The number of pyridine rings is 1. The van der Waals surface area contributed by atoms with E-state index < -0.39 is 23.9 Å². The third-order valence-electron chi connectivity index (χ3n) is 6.28. The van der Waals surface area contributed by atoms with Gasteiger partial charge in [0.05, 0.1) is 28.7 Å². The van der Waals surface area contributed by atoms with Crippen LogP contribution < -0.4 is 16.6 Å². The summed E-state index contributed by atoms with van der Waals surface area (Å²) in [6.07, 6.45) is 1.14. The molecule has 2 aromatic rings.